The zero-order chi connectivity index (χ0) is 13.6. The maximum atomic E-state index is 5.26. The van der Waals surface area contributed by atoms with Crippen LogP contribution in [0, 0.1) is 23.2 Å². The predicted octanol–water partition coefficient (Wildman–Crippen LogP) is 3.71. The van der Waals surface area contributed by atoms with Gasteiger partial charge in [-0.1, -0.05) is 27.7 Å². The van der Waals surface area contributed by atoms with Crippen LogP contribution in [0.2, 0.25) is 0 Å². The molecule has 18 heavy (non-hydrogen) atoms. The van der Waals surface area contributed by atoms with Gasteiger partial charge in [-0.05, 0) is 61.9 Å². The molecule has 0 aromatic rings. The zero-order valence-electron chi connectivity index (χ0n) is 13.1. The fourth-order valence-corrected chi connectivity index (χ4v) is 3.46. The van der Waals surface area contributed by atoms with E-state index in [0.29, 0.717) is 5.41 Å². The minimum Gasteiger partial charge on any atom is -0.385 e. The molecule has 0 bridgehead atoms. The second kappa shape index (κ2) is 7.49. The Labute approximate surface area is 114 Å². The van der Waals surface area contributed by atoms with E-state index in [1.54, 1.807) is 0 Å². The Morgan fingerprint density at radius 2 is 2.11 bits per heavy atom. The Kier molecular flexibility index (Phi) is 6.65. The normalized spacial score (nSPS) is 29.2. The van der Waals surface area contributed by atoms with Gasteiger partial charge in [0.05, 0.1) is 0 Å². The molecule has 0 aromatic carbocycles. The smallest absolute Gasteiger partial charge is 0.0464 e. The molecule has 1 fully saturated rings. The Balaban J connectivity index is 2.58. The first-order valence-corrected chi connectivity index (χ1v) is 7.70. The molecule has 0 aromatic heterocycles. The summed E-state index contributed by atoms with van der Waals surface area (Å²) in [6, 6.07) is 0. The van der Waals surface area contributed by atoms with Crippen LogP contribution in [0.5, 0.6) is 0 Å². The van der Waals surface area contributed by atoms with Crippen molar-refractivity contribution in [2.75, 3.05) is 26.8 Å². The van der Waals surface area contributed by atoms with Crippen LogP contribution >= 0.6 is 0 Å². The summed E-state index contributed by atoms with van der Waals surface area (Å²) in [5.74, 6) is 2.51. The van der Waals surface area contributed by atoms with Gasteiger partial charge in [-0.2, -0.15) is 0 Å². The molecular formula is C16H33NO. The molecule has 3 unspecified atom stereocenters. The molecule has 0 heterocycles. The van der Waals surface area contributed by atoms with Crippen LogP contribution in [0.25, 0.3) is 0 Å². The molecule has 1 N–H and O–H groups in total. The van der Waals surface area contributed by atoms with Gasteiger partial charge in [-0.15, -0.1) is 0 Å². The summed E-state index contributed by atoms with van der Waals surface area (Å²) >= 11 is 0. The number of methoxy groups -OCH3 is 1. The van der Waals surface area contributed by atoms with Crippen LogP contribution in [0.15, 0.2) is 0 Å². The lowest BCUT2D eigenvalue weighted by atomic mass is 9.63. The summed E-state index contributed by atoms with van der Waals surface area (Å²) in [5.41, 5.74) is 0.536. The van der Waals surface area contributed by atoms with Crippen molar-refractivity contribution in [2.24, 2.45) is 23.2 Å². The monoisotopic (exact) mass is 255 g/mol. The molecule has 1 aliphatic rings. The van der Waals surface area contributed by atoms with Crippen molar-refractivity contribution in [3.05, 3.63) is 0 Å². The van der Waals surface area contributed by atoms with Crippen molar-refractivity contribution < 1.29 is 4.74 Å². The molecule has 2 nitrogen and oxygen atoms in total. The van der Waals surface area contributed by atoms with E-state index in [4.69, 9.17) is 4.74 Å². The summed E-state index contributed by atoms with van der Waals surface area (Å²) in [6.07, 6.45) is 5.37. The van der Waals surface area contributed by atoms with Crippen LogP contribution < -0.4 is 5.32 Å². The summed E-state index contributed by atoms with van der Waals surface area (Å²) < 4.78 is 5.26. The first-order valence-electron chi connectivity index (χ1n) is 7.70. The highest BCUT2D eigenvalue weighted by Crippen LogP contribution is 2.45. The molecule has 1 aliphatic carbocycles. The maximum absolute atomic E-state index is 5.26. The number of nitrogens with one attached hydrogen (secondary N) is 1. The molecule has 0 aliphatic heterocycles. The second-order valence-electron chi connectivity index (χ2n) is 6.90. The lowest BCUT2D eigenvalue weighted by Crippen LogP contribution is -2.39. The van der Waals surface area contributed by atoms with E-state index in [1.807, 2.05) is 7.11 Å². The molecule has 1 saturated carbocycles. The molecule has 0 amide bonds. The van der Waals surface area contributed by atoms with Gasteiger partial charge in [-0.3, -0.25) is 0 Å². The van der Waals surface area contributed by atoms with Gasteiger partial charge in [0, 0.05) is 13.7 Å². The van der Waals surface area contributed by atoms with Gasteiger partial charge < -0.3 is 10.1 Å². The molecule has 1 rings (SSSR count). The summed E-state index contributed by atoms with van der Waals surface area (Å²) in [6.45, 7) is 12.7. The molecule has 2 heteroatoms. The Morgan fingerprint density at radius 1 is 1.39 bits per heavy atom. The third-order valence-electron chi connectivity index (χ3n) is 4.75. The van der Waals surface area contributed by atoms with E-state index in [0.717, 1.165) is 30.9 Å². The third kappa shape index (κ3) is 4.89. The Bertz CT molecular complexity index is 227. The average molecular weight is 255 g/mol. The van der Waals surface area contributed by atoms with Crippen molar-refractivity contribution >= 4 is 0 Å². The minimum absolute atomic E-state index is 0.536. The number of hydrogen-bond acceptors (Lipinski definition) is 2. The first-order chi connectivity index (χ1) is 8.50. The van der Waals surface area contributed by atoms with Gasteiger partial charge in [0.2, 0.25) is 0 Å². The maximum Gasteiger partial charge on any atom is 0.0464 e. The van der Waals surface area contributed by atoms with E-state index in [-0.39, 0.29) is 0 Å². The lowest BCUT2D eigenvalue weighted by Gasteiger charge is -2.43. The van der Waals surface area contributed by atoms with Gasteiger partial charge in [-0.25, -0.2) is 0 Å². The number of hydrogen-bond donors (Lipinski definition) is 1. The zero-order valence-corrected chi connectivity index (χ0v) is 13.1. The highest BCUT2D eigenvalue weighted by Gasteiger charge is 2.36. The summed E-state index contributed by atoms with van der Waals surface area (Å²) in [7, 11) is 1.81. The summed E-state index contributed by atoms with van der Waals surface area (Å²) in [5, 5.41) is 3.56. The molecule has 0 saturated heterocycles. The van der Waals surface area contributed by atoms with Crippen LogP contribution in [-0.4, -0.2) is 26.8 Å². The van der Waals surface area contributed by atoms with Crippen LogP contribution in [0.1, 0.15) is 53.4 Å². The lowest BCUT2D eigenvalue weighted by molar-refractivity contribution is 0.0633. The molecule has 3 atom stereocenters. The topological polar surface area (TPSA) is 21.3 Å². The van der Waals surface area contributed by atoms with Crippen molar-refractivity contribution in [1.82, 2.24) is 5.32 Å². The van der Waals surface area contributed by atoms with Gasteiger partial charge in [0.15, 0.2) is 0 Å². The van der Waals surface area contributed by atoms with E-state index >= 15 is 0 Å². The highest BCUT2D eigenvalue weighted by atomic mass is 16.5. The SMILES string of the molecule is CCNCC1CCC(C)(C)CC1C(C)CCOC. The van der Waals surface area contributed by atoms with Gasteiger partial charge in [0.25, 0.3) is 0 Å². The van der Waals surface area contributed by atoms with Crippen molar-refractivity contribution in [3.8, 4) is 0 Å². The largest absolute Gasteiger partial charge is 0.385 e. The van der Waals surface area contributed by atoms with E-state index in [9.17, 15) is 0 Å². The average Bonchev–Trinajstić information content (AvgIpc) is 2.33. The van der Waals surface area contributed by atoms with E-state index in [2.05, 4.69) is 33.0 Å². The fraction of sp³-hybridized carbons (Fsp3) is 1.00. The van der Waals surface area contributed by atoms with Crippen molar-refractivity contribution in [2.45, 2.75) is 53.4 Å². The van der Waals surface area contributed by atoms with E-state index in [1.165, 1.54) is 32.2 Å². The van der Waals surface area contributed by atoms with Crippen LogP contribution in [-0.2, 0) is 4.74 Å². The highest BCUT2D eigenvalue weighted by molar-refractivity contribution is 4.88. The van der Waals surface area contributed by atoms with Crippen molar-refractivity contribution in [1.29, 1.82) is 0 Å². The quantitative estimate of drug-likeness (QED) is 0.749. The minimum atomic E-state index is 0.536. The van der Waals surface area contributed by atoms with Crippen LogP contribution in [0.3, 0.4) is 0 Å². The summed E-state index contributed by atoms with van der Waals surface area (Å²) in [4.78, 5) is 0. The van der Waals surface area contributed by atoms with Gasteiger partial charge in [0.1, 0.15) is 0 Å². The molecule has 0 radical (unpaired) electrons. The fourth-order valence-electron chi connectivity index (χ4n) is 3.46. The predicted molar refractivity (Wildman–Crippen MR) is 78.8 cm³/mol. The Hall–Kier alpha value is -0.0800. The van der Waals surface area contributed by atoms with Crippen LogP contribution in [0.4, 0.5) is 0 Å². The van der Waals surface area contributed by atoms with Crippen molar-refractivity contribution in [3.63, 3.8) is 0 Å². The molecular weight excluding hydrogens is 222 g/mol. The molecule has 108 valence electrons. The number of rotatable bonds is 7. The Morgan fingerprint density at radius 3 is 2.72 bits per heavy atom. The van der Waals surface area contributed by atoms with E-state index < -0.39 is 0 Å². The van der Waals surface area contributed by atoms with Gasteiger partial charge >= 0.3 is 0 Å². The molecule has 0 spiro atoms. The standard InChI is InChI=1S/C16H33NO/c1-6-17-12-14-7-9-16(3,4)11-15(14)13(2)8-10-18-5/h13-15,17H,6-12H2,1-5H3. The number of ether oxygens (including phenoxy) is 1. The first kappa shape index (κ1) is 16.0. The third-order valence-corrected chi connectivity index (χ3v) is 4.75. The second-order valence-corrected chi connectivity index (χ2v) is 6.90.